The van der Waals surface area contributed by atoms with Crippen molar-refractivity contribution in [3.8, 4) is 11.4 Å². The number of nitrogens with zero attached hydrogens (tertiary/aromatic N) is 2. The number of carboxylic acid groups (broad SMARTS) is 1. The summed E-state index contributed by atoms with van der Waals surface area (Å²) in [5.74, 6) is -1.67. The molecule has 0 bridgehead atoms. The van der Waals surface area contributed by atoms with Gasteiger partial charge in [-0.3, -0.25) is 9.69 Å². The van der Waals surface area contributed by atoms with E-state index in [0.717, 1.165) is 22.6 Å². The smallest absolute Gasteiger partial charge is 0.339 e. The molecule has 0 aliphatic carbocycles. The normalized spacial score (nSPS) is 15.2. The SMILES string of the molecule is Cc1cc(/C=C2\SC(=S)N(c3ccccc3)C2=O)c(C)n1-c1ccc(O)c(C(=O)O)c1. The molecule has 0 atom stereocenters. The second kappa shape index (κ2) is 8.05. The molecular weight excluding hydrogens is 432 g/mol. The zero-order chi connectivity index (χ0) is 22.3. The first-order valence-electron chi connectivity index (χ1n) is 9.36. The van der Waals surface area contributed by atoms with E-state index in [1.165, 1.54) is 28.8 Å². The number of aryl methyl sites for hydroxylation is 1. The molecule has 2 N–H and O–H groups in total. The van der Waals surface area contributed by atoms with Gasteiger partial charge in [0.2, 0.25) is 0 Å². The van der Waals surface area contributed by atoms with E-state index < -0.39 is 5.97 Å². The van der Waals surface area contributed by atoms with Crippen molar-refractivity contribution < 1.29 is 19.8 Å². The third-order valence-corrected chi connectivity index (χ3v) is 6.34. The van der Waals surface area contributed by atoms with Gasteiger partial charge in [-0.05, 0) is 61.9 Å². The summed E-state index contributed by atoms with van der Waals surface area (Å²) in [7, 11) is 0. The van der Waals surface area contributed by atoms with Crippen LogP contribution in [0.5, 0.6) is 5.75 Å². The third kappa shape index (κ3) is 3.75. The van der Waals surface area contributed by atoms with Gasteiger partial charge in [0, 0.05) is 17.1 Å². The molecule has 1 saturated heterocycles. The van der Waals surface area contributed by atoms with Crippen molar-refractivity contribution in [1.29, 1.82) is 0 Å². The molecule has 0 unspecified atom stereocenters. The molecule has 0 saturated carbocycles. The number of carboxylic acids is 1. The molecule has 31 heavy (non-hydrogen) atoms. The minimum Gasteiger partial charge on any atom is -0.507 e. The van der Waals surface area contributed by atoms with Crippen LogP contribution in [0.2, 0.25) is 0 Å². The molecule has 2 aromatic carbocycles. The quantitative estimate of drug-likeness (QED) is 0.434. The number of aromatic nitrogens is 1. The molecule has 1 aliphatic rings. The lowest BCUT2D eigenvalue weighted by atomic mass is 10.1. The van der Waals surface area contributed by atoms with E-state index in [0.29, 0.717) is 14.9 Å². The lowest BCUT2D eigenvalue weighted by Crippen LogP contribution is -2.27. The number of anilines is 1. The maximum absolute atomic E-state index is 13.0. The first-order valence-corrected chi connectivity index (χ1v) is 10.6. The number of thioether (sulfide) groups is 1. The molecule has 6 nitrogen and oxygen atoms in total. The second-order valence-electron chi connectivity index (χ2n) is 7.02. The zero-order valence-corrected chi connectivity index (χ0v) is 18.3. The van der Waals surface area contributed by atoms with Crippen LogP contribution in [0.4, 0.5) is 5.69 Å². The highest BCUT2D eigenvalue weighted by atomic mass is 32.2. The molecule has 1 aliphatic heterocycles. The number of carbonyl (C=O) groups excluding carboxylic acids is 1. The molecule has 2 heterocycles. The highest BCUT2D eigenvalue weighted by Crippen LogP contribution is 2.37. The van der Waals surface area contributed by atoms with Gasteiger partial charge in [0.15, 0.2) is 4.32 Å². The van der Waals surface area contributed by atoms with Gasteiger partial charge in [0.05, 0.1) is 10.6 Å². The van der Waals surface area contributed by atoms with Gasteiger partial charge in [-0.1, -0.05) is 42.2 Å². The minimum atomic E-state index is -1.20. The van der Waals surface area contributed by atoms with Crippen molar-refractivity contribution in [3.63, 3.8) is 0 Å². The van der Waals surface area contributed by atoms with Crippen LogP contribution in [0.3, 0.4) is 0 Å². The third-order valence-electron chi connectivity index (χ3n) is 5.03. The summed E-state index contributed by atoms with van der Waals surface area (Å²) in [6.45, 7) is 3.79. The topological polar surface area (TPSA) is 82.8 Å². The monoisotopic (exact) mass is 450 g/mol. The first kappa shape index (κ1) is 20.9. The lowest BCUT2D eigenvalue weighted by molar-refractivity contribution is -0.113. The Morgan fingerprint density at radius 3 is 2.45 bits per heavy atom. The lowest BCUT2D eigenvalue weighted by Gasteiger charge is -2.13. The number of phenols is 1. The summed E-state index contributed by atoms with van der Waals surface area (Å²) < 4.78 is 2.36. The van der Waals surface area contributed by atoms with Crippen LogP contribution in [-0.2, 0) is 4.79 Å². The Morgan fingerprint density at radius 2 is 1.77 bits per heavy atom. The second-order valence-corrected chi connectivity index (χ2v) is 8.70. The summed E-state index contributed by atoms with van der Waals surface area (Å²) in [6, 6.07) is 15.6. The van der Waals surface area contributed by atoms with Crippen LogP contribution >= 0.6 is 24.0 Å². The number of carbonyl (C=O) groups is 2. The highest BCUT2D eigenvalue weighted by molar-refractivity contribution is 8.27. The number of para-hydroxylation sites is 1. The fraction of sp³-hybridized carbons (Fsp3) is 0.0870. The van der Waals surface area contributed by atoms with Gasteiger partial charge >= 0.3 is 5.97 Å². The summed E-state index contributed by atoms with van der Waals surface area (Å²) in [4.78, 5) is 26.4. The van der Waals surface area contributed by atoms with Gasteiger partial charge in [-0.2, -0.15) is 0 Å². The van der Waals surface area contributed by atoms with Crippen LogP contribution in [0.15, 0.2) is 59.5 Å². The number of aromatic hydroxyl groups is 1. The standard InChI is InChI=1S/C23H18N2O4S2/c1-13-10-15(14(2)24(13)17-8-9-19(26)18(12-17)22(28)29)11-20-21(27)25(23(30)31-20)16-6-4-3-5-7-16/h3-12,26H,1-2H3,(H,28,29)/b20-11-. The number of aromatic carboxylic acids is 1. The van der Waals surface area contributed by atoms with Crippen molar-refractivity contribution in [1.82, 2.24) is 4.57 Å². The Bertz CT molecular complexity index is 1260. The minimum absolute atomic E-state index is 0.171. The molecule has 8 heteroatoms. The Balaban J connectivity index is 1.73. The van der Waals surface area contributed by atoms with Gasteiger partial charge in [0.1, 0.15) is 11.3 Å². The van der Waals surface area contributed by atoms with Crippen LogP contribution < -0.4 is 4.90 Å². The van der Waals surface area contributed by atoms with Crippen molar-refractivity contribution in [2.45, 2.75) is 13.8 Å². The molecular formula is C23H18N2O4S2. The van der Waals surface area contributed by atoms with Crippen molar-refractivity contribution in [2.75, 3.05) is 4.90 Å². The van der Waals surface area contributed by atoms with Crippen LogP contribution in [0, 0.1) is 13.8 Å². The van der Waals surface area contributed by atoms with Gasteiger partial charge in [-0.25, -0.2) is 4.79 Å². The average Bonchev–Trinajstić information content (AvgIpc) is 3.17. The van der Waals surface area contributed by atoms with E-state index in [9.17, 15) is 19.8 Å². The molecule has 1 fully saturated rings. The Kier molecular flexibility index (Phi) is 5.43. The molecule has 1 aromatic heterocycles. The fourth-order valence-corrected chi connectivity index (χ4v) is 4.86. The van der Waals surface area contributed by atoms with Crippen LogP contribution in [0.1, 0.15) is 27.3 Å². The maximum Gasteiger partial charge on any atom is 0.339 e. The van der Waals surface area contributed by atoms with Crippen molar-refractivity contribution in [2.24, 2.45) is 0 Å². The number of hydrogen-bond donors (Lipinski definition) is 2. The number of hydrogen-bond acceptors (Lipinski definition) is 5. The molecule has 1 amide bonds. The largest absolute Gasteiger partial charge is 0.507 e. The van der Waals surface area contributed by atoms with E-state index in [-0.39, 0.29) is 17.2 Å². The summed E-state index contributed by atoms with van der Waals surface area (Å²) in [5.41, 5.74) is 3.70. The predicted octanol–water partition coefficient (Wildman–Crippen LogP) is 4.90. The Hall–Kier alpha value is -3.36. The molecule has 4 rings (SSSR count). The van der Waals surface area contributed by atoms with E-state index in [4.69, 9.17) is 12.2 Å². The summed E-state index contributed by atoms with van der Waals surface area (Å²) >= 11 is 6.68. The van der Waals surface area contributed by atoms with Gasteiger partial charge in [-0.15, -0.1) is 0 Å². The van der Waals surface area contributed by atoms with E-state index in [2.05, 4.69) is 0 Å². The number of amides is 1. The van der Waals surface area contributed by atoms with Crippen LogP contribution in [0.25, 0.3) is 11.8 Å². The Labute approximate surface area is 188 Å². The average molecular weight is 451 g/mol. The van der Waals surface area contributed by atoms with Gasteiger partial charge < -0.3 is 14.8 Å². The van der Waals surface area contributed by atoms with E-state index in [1.54, 1.807) is 12.1 Å². The molecule has 156 valence electrons. The highest BCUT2D eigenvalue weighted by Gasteiger charge is 2.33. The molecule has 0 spiro atoms. The Morgan fingerprint density at radius 1 is 1.06 bits per heavy atom. The van der Waals surface area contributed by atoms with Crippen LogP contribution in [-0.4, -0.2) is 31.0 Å². The maximum atomic E-state index is 13.0. The molecule has 3 aromatic rings. The summed E-state index contributed by atoms with van der Waals surface area (Å²) in [5, 5.41) is 19.1. The molecule has 0 radical (unpaired) electrons. The number of thiocarbonyl (C=S) groups is 1. The summed E-state index contributed by atoms with van der Waals surface area (Å²) in [6.07, 6.45) is 1.81. The van der Waals surface area contributed by atoms with E-state index >= 15 is 0 Å². The van der Waals surface area contributed by atoms with Crippen molar-refractivity contribution >= 4 is 51.9 Å². The first-order chi connectivity index (χ1) is 14.8. The fourth-order valence-electron chi connectivity index (χ4n) is 3.57. The zero-order valence-electron chi connectivity index (χ0n) is 16.7. The van der Waals surface area contributed by atoms with E-state index in [1.807, 2.05) is 54.8 Å². The predicted molar refractivity (Wildman–Crippen MR) is 126 cm³/mol. The number of rotatable bonds is 4. The van der Waals surface area contributed by atoms with Crippen molar-refractivity contribution in [3.05, 3.63) is 82.0 Å². The number of benzene rings is 2. The van der Waals surface area contributed by atoms with Gasteiger partial charge in [0.25, 0.3) is 5.91 Å².